The third-order valence-electron chi connectivity index (χ3n) is 16.8. The maximum atomic E-state index is 15.6. The molecule has 3 aromatic carbocycles. The number of hydrogen-bond acceptors (Lipinski definition) is 12. The van der Waals surface area contributed by atoms with Crippen molar-refractivity contribution in [2.75, 3.05) is 66.0 Å². The van der Waals surface area contributed by atoms with Crippen LogP contribution in [-0.4, -0.2) is 133 Å². The molecule has 67 heavy (non-hydrogen) atoms. The molecule has 1 aliphatic carbocycles. The summed E-state index contributed by atoms with van der Waals surface area (Å²) in [7, 11) is 6.15. The van der Waals surface area contributed by atoms with Crippen LogP contribution in [0.1, 0.15) is 86.4 Å². The number of nitrogens with one attached hydrogen (secondary N) is 1. The number of rotatable bonds is 7. The van der Waals surface area contributed by atoms with Crippen molar-refractivity contribution < 1.29 is 43.5 Å². The van der Waals surface area contributed by atoms with Crippen molar-refractivity contribution >= 4 is 34.5 Å². The molecule has 10 atom stereocenters. The third-order valence-corrected chi connectivity index (χ3v) is 16.8. The molecule has 1 unspecified atom stereocenters. The smallest absolute Gasteiger partial charge is 0.344 e. The summed E-state index contributed by atoms with van der Waals surface area (Å²) < 4.78 is 24.2. The molecule has 6 aliphatic rings. The van der Waals surface area contributed by atoms with Crippen LogP contribution in [0.3, 0.4) is 0 Å². The second-order valence-electron chi connectivity index (χ2n) is 20.0. The van der Waals surface area contributed by atoms with E-state index in [0.29, 0.717) is 81.8 Å². The van der Waals surface area contributed by atoms with Crippen molar-refractivity contribution in [3.8, 4) is 17.6 Å². The average molecular weight is 911 g/mol. The summed E-state index contributed by atoms with van der Waals surface area (Å²) in [6, 6.07) is 18.8. The highest BCUT2D eigenvalue weighted by Crippen LogP contribution is 2.68. The van der Waals surface area contributed by atoms with E-state index >= 15 is 4.79 Å². The number of carbonyl (C=O) groups excluding carboxylic acids is 3. The summed E-state index contributed by atoms with van der Waals surface area (Å²) in [5.74, 6) is 5.00. The Labute approximate surface area is 392 Å². The highest BCUT2D eigenvalue weighted by molar-refractivity contribution is 5.95. The van der Waals surface area contributed by atoms with Crippen LogP contribution in [0.5, 0.6) is 5.75 Å². The Kier molecular flexibility index (Phi) is 11.0. The number of aliphatic hydroxyl groups is 2. The Bertz CT molecular complexity index is 2760. The molecule has 352 valence electrons. The number of carbonyl (C=O) groups is 3. The molecule has 5 aliphatic heterocycles. The molecule has 10 rings (SSSR count). The first kappa shape index (κ1) is 45.1. The largest absolute Gasteiger partial charge is 0.496 e. The lowest BCUT2D eigenvalue weighted by Gasteiger charge is -2.63. The van der Waals surface area contributed by atoms with Crippen molar-refractivity contribution in [1.29, 1.82) is 0 Å². The molecule has 13 heteroatoms. The van der Waals surface area contributed by atoms with Crippen molar-refractivity contribution in [2.24, 2.45) is 11.3 Å². The fraction of sp³-hybridized carbons (Fsp3) is 0.500. The number of ether oxygens (including phenoxy) is 4. The Morgan fingerprint density at radius 3 is 2.34 bits per heavy atom. The number of anilines is 1. The zero-order valence-electron chi connectivity index (χ0n) is 39.6. The third kappa shape index (κ3) is 6.39. The minimum atomic E-state index is -2.33. The van der Waals surface area contributed by atoms with Gasteiger partial charge in [-0.25, -0.2) is 4.79 Å². The molecule has 1 saturated carbocycles. The number of aromatic nitrogens is 1. The average Bonchev–Trinajstić information content (AvgIpc) is 3.99. The first-order valence-electron chi connectivity index (χ1n) is 23.8. The van der Waals surface area contributed by atoms with Crippen LogP contribution < -0.4 is 9.64 Å². The maximum Gasteiger partial charge on any atom is 0.344 e. The van der Waals surface area contributed by atoms with E-state index in [2.05, 4.69) is 50.9 Å². The molecule has 4 aromatic rings. The van der Waals surface area contributed by atoms with Gasteiger partial charge in [0.05, 0.1) is 33.0 Å². The van der Waals surface area contributed by atoms with Crippen molar-refractivity contribution in [2.45, 2.75) is 99.5 Å². The van der Waals surface area contributed by atoms with Gasteiger partial charge in [-0.15, -0.1) is 0 Å². The quantitative estimate of drug-likeness (QED) is 0.0944. The number of H-pyrrole nitrogens is 1. The lowest BCUT2D eigenvalue weighted by molar-refractivity contribution is -0.228. The standard InChI is InChI=1S/C54H62N4O9/c1-8-50(62)29-36-30-53(48(60)65-6,44-37(20-24-57(31-36)32-50)38-26-35(18-19-41(38)55-44)17-16-34-14-11-10-12-15-34)40-27-39-42(28-43(40)64-5)56(4)46-52(39)22-25-58-23-13-21-51(9-2,45(52)58)47(67-33(3)59)54(46,63)49(61)66-7/h10-15,18-19,21,26-28,36,45-47,55,62-63H,8-9,20,22-25,29-32H2,1-7H3/t36-,45+,46-,47-,50+,51-,52-,53+,54+/m1/s1. The first-order chi connectivity index (χ1) is 32.2. The van der Waals surface area contributed by atoms with Crippen LogP contribution in [0.15, 0.2) is 72.8 Å². The Balaban J connectivity index is 1.26. The number of nitrogens with zero attached hydrogens (tertiary/aromatic N) is 3. The van der Waals surface area contributed by atoms with E-state index < -0.39 is 57.5 Å². The van der Waals surface area contributed by atoms with E-state index in [-0.39, 0.29) is 18.4 Å². The van der Waals surface area contributed by atoms with Crippen LogP contribution in [0, 0.1) is 23.2 Å². The van der Waals surface area contributed by atoms with Gasteiger partial charge < -0.3 is 39.0 Å². The van der Waals surface area contributed by atoms with Crippen LogP contribution in [0.2, 0.25) is 0 Å². The Hall–Kier alpha value is -5.65. The van der Waals surface area contributed by atoms with Gasteiger partial charge in [0.1, 0.15) is 11.2 Å². The van der Waals surface area contributed by atoms with Crippen LogP contribution >= 0.6 is 0 Å². The van der Waals surface area contributed by atoms with Gasteiger partial charge >= 0.3 is 17.9 Å². The van der Waals surface area contributed by atoms with E-state index in [1.165, 1.54) is 21.1 Å². The first-order valence-corrected chi connectivity index (χ1v) is 23.8. The molecule has 2 bridgehead atoms. The molecule has 1 spiro atoms. The molecular weight excluding hydrogens is 849 g/mol. The normalized spacial score (nSPS) is 33.7. The van der Waals surface area contributed by atoms with Crippen LogP contribution in [0.4, 0.5) is 5.69 Å². The van der Waals surface area contributed by atoms with Crippen LogP contribution in [0.25, 0.3) is 10.9 Å². The van der Waals surface area contributed by atoms with Gasteiger partial charge in [-0.1, -0.05) is 56.0 Å². The number of hydrogen-bond donors (Lipinski definition) is 3. The van der Waals surface area contributed by atoms with Gasteiger partial charge in [-0.2, -0.15) is 0 Å². The maximum absolute atomic E-state index is 15.6. The van der Waals surface area contributed by atoms with Gasteiger partial charge in [0.2, 0.25) is 5.60 Å². The summed E-state index contributed by atoms with van der Waals surface area (Å²) in [6.45, 7) is 8.47. The molecule has 3 fully saturated rings. The van der Waals surface area contributed by atoms with Crippen LogP contribution in [-0.2, 0) is 45.8 Å². The summed E-state index contributed by atoms with van der Waals surface area (Å²) >= 11 is 0. The van der Waals surface area contributed by atoms with Gasteiger partial charge in [-0.3, -0.25) is 19.4 Å². The van der Waals surface area contributed by atoms with Crippen molar-refractivity contribution in [3.05, 3.63) is 106 Å². The number of aromatic amines is 1. The monoisotopic (exact) mass is 910 g/mol. The van der Waals surface area contributed by atoms with Crippen molar-refractivity contribution in [3.63, 3.8) is 0 Å². The van der Waals surface area contributed by atoms with E-state index in [1.54, 1.807) is 7.11 Å². The topological polar surface area (TPSA) is 154 Å². The highest BCUT2D eigenvalue weighted by Gasteiger charge is 2.80. The number of methoxy groups -OCH3 is 3. The number of benzene rings is 3. The zero-order chi connectivity index (χ0) is 47.3. The lowest BCUT2D eigenvalue weighted by atomic mass is 9.47. The summed E-state index contributed by atoms with van der Waals surface area (Å²) in [5.41, 5.74) is -0.316. The van der Waals surface area contributed by atoms with Gasteiger partial charge in [0.25, 0.3) is 0 Å². The number of likely N-dealkylation sites (N-methyl/N-ethyl adjacent to an activating group) is 1. The molecular formula is C54H62N4O9. The number of esters is 3. The molecule has 1 aromatic heterocycles. The second-order valence-corrected chi connectivity index (χ2v) is 20.0. The van der Waals surface area contributed by atoms with E-state index in [0.717, 1.165) is 38.8 Å². The van der Waals surface area contributed by atoms with Crippen molar-refractivity contribution in [1.82, 2.24) is 14.8 Å². The predicted molar refractivity (Wildman–Crippen MR) is 253 cm³/mol. The molecule has 0 radical (unpaired) electrons. The SMILES string of the molecule is CC[C@]1(O)C[C@H]2CN(CCc3c([nH]c4ccc(C#Cc5ccccc5)cc34)[C@@](C(=O)OC)(c3cc4c(cc3OC)N(C)[C@H]3[C@@](O)(C(=O)OC)[C@H](OC(C)=O)[C@]5(CC)C=CCN6CC[C@]43[C@@H]65)C2)C1. The van der Waals surface area contributed by atoms with Gasteiger partial charge in [0, 0.05) is 102 Å². The fourth-order valence-electron chi connectivity index (χ4n) is 14.3. The molecule has 0 amide bonds. The summed E-state index contributed by atoms with van der Waals surface area (Å²) in [4.78, 5) is 53.7. The zero-order valence-corrected chi connectivity index (χ0v) is 39.6. The van der Waals surface area contributed by atoms with Gasteiger partial charge in [0.15, 0.2) is 6.10 Å². The van der Waals surface area contributed by atoms with E-state index in [4.69, 9.17) is 18.9 Å². The molecule has 3 N–H and O–H groups in total. The minimum absolute atomic E-state index is 0.143. The molecule has 2 saturated heterocycles. The predicted octanol–water partition coefficient (Wildman–Crippen LogP) is 5.39. The minimum Gasteiger partial charge on any atom is -0.496 e. The Morgan fingerprint density at radius 2 is 1.64 bits per heavy atom. The Morgan fingerprint density at radius 1 is 0.881 bits per heavy atom. The molecule has 6 heterocycles. The lowest BCUT2D eigenvalue weighted by Crippen LogP contribution is -2.81. The number of piperidine rings is 1. The number of fused-ring (bicyclic) bond motifs is 6. The van der Waals surface area contributed by atoms with E-state index in [1.807, 2.05) is 74.3 Å². The van der Waals surface area contributed by atoms with Gasteiger partial charge in [-0.05, 0) is 98.5 Å². The second kappa shape index (κ2) is 16.3. The van der Waals surface area contributed by atoms with E-state index in [9.17, 15) is 19.8 Å². The fourth-order valence-corrected chi connectivity index (χ4v) is 14.3. The summed E-state index contributed by atoms with van der Waals surface area (Å²) in [6.07, 6.45) is 5.73. The summed E-state index contributed by atoms with van der Waals surface area (Å²) in [5, 5.41) is 26.5. The highest BCUT2D eigenvalue weighted by atomic mass is 16.6. The molecule has 13 nitrogen and oxygen atoms in total.